The quantitative estimate of drug-likeness (QED) is 0.656. The first-order chi connectivity index (χ1) is 10.6. The Morgan fingerprint density at radius 2 is 1.86 bits per heavy atom. The number of nitro benzene ring substituents is 1. The fraction of sp³-hybridized carbons (Fsp3) is 0.533. The average molecular weight is 327 g/mol. The topological polar surface area (TPSA) is 76.7 Å². The van der Waals surface area contributed by atoms with Crippen LogP contribution in [-0.2, 0) is 4.79 Å². The minimum atomic E-state index is -0.537. The lowest BCUT2D eigenvalue weighted by atomic mass is 10.1. The monoisotopic (exact) mass is 326 g/mol. The van der Waals surface area contributed by atoms with Crippen LogP contribution in [0.15, 0.2) is 18.2 Å². The Labute approximate surface area is 134 Å². The standard InChI is InChI=1S/C15H20ClN3O3/c16-12-6-7-13(14(10-12)19(21)22)17-15(20)11-18-8-4-2-1-3-5-9-18/h6-7,10H,1-5,8-9,11H2,(H,17,20)/p+1. The lowest BCUT2D eigenvalue weighted by molar-refractivity contribution is -0.892. The summed E-state index contributed by atoms with van der Waals surface area (Å²) in [6, 6.07) is 4.26. The van der Waals surface area contributed by atoms with Crippen molar-refractivity contribution in [3.05, 3.63) is 33.3 Å². The number of anilines is 1. The normalized spacial score (nSPS) is 16.6. The molecule has 1 fully saturated rings. The van der Waals surface area contributed by atoms with Gasteiger partial charge in [0, 0.05) is 11.1 Å². The number of nitro groups is 1. The first-order valence-electron chi connectivity index (χ1n) is 7.63. The van der Waals surface area contributed by atoms with Crippen molar-refractivity contribution in [2.24, 2.45) is 0 Å². The number of carbonyl (C=O) groups excluding carboxylic acids is 1. The van der Waals surface area contributed by atoms with Crippen LogP contribution in [-0.4, -0.2) is 30.5 Å². The van der Waals surface area contributed by atoms with Crippen molar-refractivity contribution in [2.45, 2.75) is 32.1 Å². The van der Waals surface area contributed by atoms with Gasteiger partial charge in [0.2, 0.25) is 0 Å². The fourth-order valence-corrected chi connectivity index (χ4v) is 2.93. The third kappa shape index (κ3) is 4.96. The predicted molar refractivity (Wildman–Crippen MR) is 85.4 cm³/mol. The Balaban J connectivity index is 1.98. The van der Waals surface area contributed by atoms with Crippen LogP contribution in [0.1, 0.15) is 32.1 Å². The molecule has 22 heavy (non-hydrogen) atoms. The van der Waals surface area contributed by atoms with Gasteiger partial charge in [0.1, 0.15) is 5.69 Å². The van der Waals surface area contributed by atoms with Crippen molar-refractivity contribution >= 4 is 28.9 Å². The van der Waals surface area contributed by atoms with Crippen molar-refractivity contribution < 1.29 is 14.6 Å². The molecule has 1 aromatic rings. The van der Waals surface area contributed by atoms with E-state index < -0.39 is 4.92 Å². The minimum absolute atomic E-state index is 0.177. The summed E-state index contributed by atoms with van der Waals surface area (Å²) < 4.78 is 0. The molecule has 1 aliphatic heterocycles. The maximum Gasteiger partial charge on any atom is 0.294 e. The van der Waals surface area contributed by atoms with E-state index in [-0.39, 0.29) is 22.3 Å². The molecular weight excluding hydrogens is 306 g/mol. The van der Waals surface area contributed by atoms with Crippen LogP contribution in [0, 0.1) is 10.1 Å². The number of carbonyl (C=O) groups is 1. The molecule has 0 aliphatic carbocycles. The highest BCUT2D eigenvalue weighted by Crippen LogP contribution is 2.27. The maximum absolute atomic E-state index is 12.2. The number of benzene rings is 1. The molecule has 1 aromatic carbocycles. The molecule has 0 radical (unpaired) electrons. The van der Waals surface area contributed by atoms with E-state index in [1.54, 1.807) is 0 Å². The summed E-state index contributed by atoms with van der Waals surface area (Å²) in [4.78, 5) is 23.9. The zero-order valence-corrected chi connectivity index (χ0v) is 13.2. The molecule has 1 saturated heterocycles. The SMILES string of the molecule is O=C(C[NH+]1CCCCCCC1)Nc1ccc(Cl)cc1[N+](=O)[O-]. The molecule has 0 spiro atoms. The van der Waals surface area contributed by atoms with E-state index in [1.165, 1.54) is 42.4 Å². The average Bonchev–Trinajstić information content (AvgIpc) is 2.43. The summed E-state index contributed by atoms with van der Waals surface area (Å²) in [5.74, 6) is -0.194. The van der Waals surface area contributed by atoms with Gasteiger partial charge in [-0.3, -0.25) is 14.9 Å². The number of nitrogens with one attached hydrogen (secondary N) is 2. The number of hydrogen-bond acceptors (Lipinski definition) is 3. The van der Waals surface area contributed by atoms with Gasteiger partial charge in [-0.25, -0.2) is 0 Å². The summed E-state index contributed by atoms with van der Waals surface area (Å²) in [7, 11) is 0. The predicted octanol–water partition coefficient (Wildman–Crippen LogP) is 2.04. The van der Waals surface area contributed by atoms with E-state index >= 15 is 0 Å². The van der Waals surface area contributed by atoms with Crippen LogP contribution in [0.5, 0.6) is 0 Å². The van der Waals surface area contributed by atoms with Crippen LogP contribution in [0.3, 0.4) is 0 Å². The number of rotatable bonds is 4. The van der Waals surface area contributed by atoms with E-state index in [4.69, 9.17) is 11.6 Å². The highest BCUT2D eigenvalue weighted by atomic mass is 35.5. The van der Waals surface area contributed by atoms with Gasteiger partial charge in [0.25, 0.3) is 11.6 Å². The van der Waals surface area contributed by atoms with Gasteiger partial charge in [0.15, 0.2) is 6.54 Å². The minimum Gasteiger partial charge on any atom is -0.327 e. The van der Waals surface area contributed by atoms with Gasteiger partial charge < -0.3 is 10.2 Å². The lowest BCUT2D eigenvalue weighted by Crippen LogP contribution is -3.13. The number of quaternary nitrogens is 1. The van der Waals surface area contributed by atoms with Gasteiger partial charge >= 0.3 is 0 Å². The molecule has 0 bridgehead atoms. The van der Waals surface area contributed by atoms with Crippen molar-refractivity contribution in [2.75, 3.05) is 25.0 Å². The van der Waals surface area contributed by atoms with Gasteiger partial charge in [-0.1, -0.05) is 18.0 Å². The molecular formula is C15H21ClN3O3+. The van der Waals surface area contributed by atoms with Gasteiger partial charge in [-0.2, -0.15) is 0 Å². The third-order valence-corrected chi connectivity index (χ3v) is 4.14. The molecule has 0 saturated carbocycles. The van der Waals surface area contributed by atoms with Crippen LogP contribution in [0.4, 0.5) is 11.4 Å². The maximum atomic E-state index is 12.2. The van der Waals surface area contributed by atoms with Crippen molar-refractivity contribution in [1.82, 2.24) is 0 Å². The van der Waals surface area contributed by atoms with Crippen molar-refractivity contribution in [3.8, 4) is 0 Å². The highest BCUT2D eigenvalue weighted by molar-refractivity contribution is 6.31. The Morgan fingerprint density at radius 1 is 1.23 bits per heavy atom. The summed E-state index contributed by atoms with van der Waals surface area (Å²) >= 11 is 5.77. The molecule has 0 atom stereocenters. The molecule has 0 aromatic heterocycles. The van der Waals surface area contributed by atoms with Gasteiger partial charge in [0.05, 0.1) is 18.0 Å². The summed E-state index contributed by atoms with van der Waals surface area (Å²) in [5, 5.41) is 13.9. The molecule has 2 N–H and O–H groups in total. The zero-order valence-electron chi connectivity index (χ0n) is 12.4. The molecule has 1 aliphatic rings. The third-order valence-electron chi connectivity index (χ3n) is 3.90. The largest absolute Gasteiger partial charge is 0.327 e. The molecule has 1 heterocycles. The summed E-state index contributed by atoms with van der Waals surface area (Å²) in [6.45, 7) is 2.31. The van der Waals surface area contributed by atoms with Crippen LogP contribution >= 0.6 is 11.6 Å². The Morgan fingerprint density at radius 3 is 2.50 bits per heavy atom. The number of amides is 1. The van der Waals surface area contributed by atoms with Crippen molar-refractivity contribution in [1.29, 1.82) is 0 Å². The molecule has 0 unspecified atom stereocenters. The molecule has 1 amide bonds. The fourth-order valence-electron chi connectivity index (χ4n) is 2.77. The van der Waals surface area contributed by atoms with E-state index in [2.05, 4.69) is 5.32 Å². The van der Waals surface area contributed by atoms with E-state index in [0.29, 0.717) is 6.54 Å². The Bertz CT molecular complexity index is 543. The molecule has 120 valence electrons. The second-order valence-corrected chi connectivity index (χ2v) is 6.10. The molecule has 2 rings (SSSR count). The van der Waals surface area contributed by atoms with Crippen LogP contribution in [0.2, 0.25) is 5.02 Å². The van der Waals surface area contributed by atoms with Gasteiger partial charge in [-0.15, -0.1) is 0 Å². The molecule has 7 heteroatoms. The Hall–Kier alpha value is -1.66. The number of halogens is 1. The number of nitrogens with zero attached hydrogens (tertiary/aromatic N) is 1. The lowest BCUT2D eigenvalue weighted by Gasteiger charge is -2.21. The van der Waals surface area contributed by atoms with Gasteiger partial charge in [-0.05, 0) is 37.8 Å². The number of hydrogen-bond donors (Lipinski definition) is 2. The summed E-state index contributed by atoms with van der Waals surface area (Å²) in [6.07, 6.45) is 5.96. The van der Waals surface area contributed by atoms with E-state index in [0.717, 1.165) is 25.9 Å². The zero-order chi connectivity index (χ0) is 15.9. The van der Waals surface area contributed by atoms with Crippen LogP contribution in [0.25, 0.3) is 0 Å². The first-order valence-corrected chi connectivity index (χ1v) is 8.01. The van der Waals surface area contributed by atoms with E-state index in [1.807, 2.05) is 0 Å². The Kier molecular flexibility index (Phi) is 6.15. The first kappa shape index (κ1) is 16.7. The molecule has 6 nitrogen and oxygen atoms in total. The van der Waals surface area contributed by atoms with Crippen molar-refractivity contribution in [3.63, 3.8) is 0 Å². The summed E-state index contributed by atoms with van der Waals surface area (Å²) in [5.41, 5.74) is 0.0226. The second-order valence-electron chi connectivity index (χ2n) is 5.66. The second kappa shape index (κ2) is 8.10. The number of likely N-dealkylation sites (tertiary alicyclic amines) is 1. The highest BCUT2D eigenvalue weighted by Gasteiger charge is 2.20. The smallest absolute Gasteiger partial charge is 0.294 e. The van der Waals surface area contributed by atoms with Crippen LogP contribution < -0.4 is 10.2 Å². The van der Waals surface area contributed by atoms with E-state index in [9.17, 15) is 14.9 Å².